The zero-order valence-electron chi connectivity index (χ0n) is 9.52. The highest BCUT2D eigenvalue weighted by Gasteiger charge is 2.12. The molecule has 0 spiro atoms. The number of anilines is 1. The van der Waals surface area contributed by atoms with Gasteiger partial charge in [0, 0.05) is 4.47 Å². The maximum Gasteiger partial charge on any atom is 0.321 e. The summed E-state index contributed by atoms with van der Waals surface area (Å²) in [4.78, 5) is 11.7. The number of nitrogen functional groups attached to an aromatic ring is 1. The van der Waals surface area contributed by atoms with Gasteiger partial charge in [-0.05, 0) is 25.1 Å². The Labute approximate surface area is 111 Å². The molecule has 2 rings (SSSR count). The van der Waals surface area contributed by atoms with Gasteiger partial charge in [0.15, 0.2) is 5.82 Å². The van der Waals surface area contributed by atoms with Crippen LogP contribution in [-0.2, 0) is 0 Å². The highest BCUT2D eigenvalue weighted by Crippen LogP contribution is 2.24. The summed E-state index contributed by atoms with van der Waals surface area (Å²) >= 11 is 3.26. The highest BCUT2D eigenvalue weighted by molar-refractivity contribution is 9.10. The van der Waals surface area contributed by atoms with E-state index in [-0.39, 0.29) is 23.3 Å². The number of ether oxygens (including phenoxy) is 1. The number of nitrogens with zero attached hydrogens (tertiary/aromatic N) is 3. The average molecular weight is 313 g/mol. The van der Waals surface area contributed by atoms with Crippen LogP contribution >= 0.6 is 15.9 Å². The van der Waals surface area contributed by atoms with Crippen LogP contribution in [0.15, 0.2) is 22.7 Å². The molecule has 0 amide bonds. The Morgan fingerprint density at radius 1 is 1.33 bits per heavy atom. The molecule has 0 atom stereocenters. The third kappa shape index (κ3) is 2.73. The van der Waals surface area contributed by atoms with Crippen molar-refractivity contribution in [3.8, 4) is 17.4 Å². The van der Waals surface area contributed by atoms with E-state index in [4.69, 9.17) is 10.5 Å². The van der Waals surface area contributed by atoms with Gasteiger partial charge < -0.3 is 10.5 Å². The van der Waals surface area contributed by atoms with E-state index in [1.54, 1.807) is 19.1 Å². The molecule has 5 nitrogen and oxygen atoms in total. The van der Waals surface area contributed by atoms with Gasteiger partial charge in [-0.3, -0.25) is 0 Å². The zero-order chi connectivity index (χ0) is 13.1. The lowest BCUT2D eigenvalue weighted by atomic mass is 10.2. The lowest BCUT2D eigenvalue weighted by molar-refractivity contribution is 0.312. The average Bonchev–Trinajstić information content (AvgIpc) is 2.32. The summed E-state index contributed by atoms with van der Waals surface area (Å²) in [6.45, 7) is 2.18. The number of benzene rings is 1. The predicted molar refractivity (Wildman–Crippen MR) is 68.5 cm³/mol. The first kappa shape index (κ1) is 12.7. The van der Waals surface area contributed by atoms with Crippen LogP contribution in [0.4, 0.5) is 10.3 Å². The molecule has 0 aliphatic carbocycles. The molecule has 0 aliphatic heterocycles. The van der Waals surface area contributed by atoms with E-state index >= 15 is 0 Å². The summed E-state index contributed by atoms with van der Waals surface area (Å²) < 4.78 is 19.6. The minimum Gasteiger partial charge on any atom is -0.464 e. The smallest absolute Gasteiger partial charge is 0.321 e. The molecule has 0 aliphatic rings. The summed E-state index contributed by atoms with van der Waals surface area (Å²) in [5.41, 5.74) is 5.77. The molecule has 2 aromatic rings. The molecular formula is C11H10BrFN4O. The fraction of sp³-hybridized carbons (Fsp3) is 0.182. The molecule has 2 N–H and O–H groups in total. The van der Waals surface area contributed by atoms with Crippen LogP contribution < -0.4 is 10.5 Å². The van der Waals surface area contributed by atoms with E-state index in [9.17, 15) is 4.39 Å². The van der Waals surface area contributed by atoms with E-state index in [0.717, 1.165) is 4.47 Å². The van der Waals surface area contributed by atoms with E-state index in [1.807, 2.05) is 0 Å². The molecule has 1 heterocycles. The standard InChI is InChI=1S/C11H10BrFN4O/c1-2-18-11-16-9(15-10(14)17-11)7-5-6(12)3-4-8(7)13/h3-5H,2H2,1H3,(H2,14,15,16,17). The van der Waals surface area contributed by atoms with Crippen LogP contribution in [0.1, 0.15) is 6.92 Å². The second kappa shape index (κ2) is 5.26. The first-order valence-corrected chi connectivity index (χ1v) is 5.99. The lowest BCUT2D eigenvalue weighted by Gasteiger charge is -2.06. The maximum absolute atomic E-state index is 13.7. The number of nitrogens with two attached hydrogens (primary N) is 1. The molecule has 0 saturated carbocycles. The Bertz CT molecular complexity index is 579. The number of aromatic nitrogens is 3. The second-order valence-corrected chi connectivity index (χ2v) is 4.27. The summed E-state index contributed by atoms with van der Waals surface area (Å²) in [7, 11) is 0. The maximum atomic E-state index is 13.7. The molecule has 0 unspecified atom stereocenters. The number of halogens is 2. The Balaban J connectivity index is 2.52. The number of rotatable bonds is 3. The number of hydrogen-bond acceptors (Lipinski definition) is 5. The molecule has 1 aromatic carbocycles. The van der Waals surface area contributed by atoms with Crippen LogP contribution in [0.25, 0.3) is 11.4 Å². The highest BCUT2D eigenvalue weighted by atomic mass is 79.9. The van der Waals surface area contributed by atoms with Crippen LogP contribution in [0.3, 0.4) is 0 Å². The van der Waals surface area contributed by atoms with Crippen molar-refractivity contribution >= 4 is 21.9 Å². The van der Waals surface area contributed by atoms with E-state index in [0.29, 0.717) is 6.61 Å². The van der Waals surface area contributed by atoms with Gasteiger partial charge in [0.2, 0.25) is 5.95 Å². The molecule has 94 valence electrons. The Kier molecular flexibility index (Phi) is 3.71. The predicted octanol–water partition coefficient (Wildman–Crippen LogP) is 2.42. The van der Waals surface area contributed by atoms with E-state index < -0.39 is 5.82 Å². The molecule has 7 heteroatoms. The minimum atomic E-state index is -0.439. The Morgan fingerprint density at radius 3 is 2.83 bits per heavy atom. The first-order valence-electron chi connectivity index (χ1n) is 5.20. The van der Waals surface area contributed by atoms with Gasteiger partial charge in [-0.25, -0.2) is 4.39 Å². The third-order valence-corrected chi connectivity index (χ3v) is 2.57. The Morgan fingerprint density at radius 2 is 2.11 bits per heavy atom. The summed E-state index contributed by atoms with van der Waals surface area (Å²) in [6.07, 6.45) is 0. The van der Waals surface area contributed by atoms with E-state index in [1.165, 1.54) is 6.07 Å². The molecule has 0 radical (unpaired) electrons. The largest absolute Gasteiger partial charge is 0.464 e. The molecular weight excluding hydrogens is 303 g/mol. The molecule has 0 saturated heterocycles. The quantitative estimate of drug-likeness (QED) is 0.942. The molecule has 1 aromatic heterocycles. The van der Waals surface area contributed by atoms with Crippen molar-refractivity contribution in [3.63, 3.8) is 0 Å². The van der Waals surface area contributed by atoms with Gasteiger partial charge in [0.25, 0.3) is 0 Å². The van der Waals surface area contributed by atoms with Crippen LogP contribution in [-0.4, -0.2) is 21.6 Å². The lowest BCUT2D eigenvalue weighted by Crippen LogP contribution is -2.05. The fourth-order valence-electron chi connectivity index (χ4n) is 1.36. The molecule has 18 heavy (non-hydrogen) atoms. The fourth-order valence-corrected chi connectivity index (χ4v) is 1.72. The summed E-state index contributed by atoms with van der Waals surface area (Å²) in [5, 5.41) is 0. The minimum absolute atomic E-state index is 0.0113. The summed E-state index contributed by atoms with van der Waals surface area (Å²) in [5.74, 6) is -0.307. The van der Waals surface area contributed by atoms with Gasteiger partial charge in [0.05, 0.1) is 12.2 Å². The van der Waals surface area contributed by atoms with Crippen molar-refractivity contribution in [1.82, 2.24) is 15.0 Å². The topological polar surface area (TPSA) is 73.9 Å². The number of hydrogen-bond donors (Lipinski definition) is 1. The van der Waals surface area contributed by atoms with Crippen LogP contribution in [0, 0.1) is 5.82 Å². The van der Waals surface area contributed by atoms with Gasteiger partial charge in [0.1, 0.15) is 5.82 Å². The Hall–Kier alpha value is -1.76. The van der Waals surface area contributed by atoms with Gasteiger partial charge in [-0.2, -0.15) is 15.0 Å². The van der Waals surface area contributed by atoms with Gasteiger partial charge in [-0.15, -0.1) is 0 Å². The van der Waals surface area contributed by atoms with E-state index in [2.05, 4.69) is 30.9 Å². The van der Waals surface area contributed by atoms with Crippen LogP contribution in [0.2, 0.25) is 0 Å². The first-order chi connectivity index (χ1) is 8.60. The zero-order valence-corrected chi connectivity index (χ0v) is 11.1. The van der Waals surface area contributed by atoms with Crippen molar-refractivity contribution in [2.75, 3.05) is 12.3 Å². The second-order valence-electron chi connectivity index (χ2n) is 3.36. The van der Waals surface area contributed by atoms with Crippen molar-refractivity contribution in [2.45, 2.75) is 6.92 Å². The summed E-state index contributed by atoms with van der Waals surface area (Å²) in [6, 6.07) is 4.56. The normalized spacial score (nSPS) is 10.4. The van der Waals surface area contributed by atoms with Crippen molar-refractivity contribution in [3.05, 3.63) is 28.5 Å². The van der Waals surface area contributed by atoms with Crippen molar-refractivity contribution < 1.29 is 9.13 Å². The van der Waals surface area contributed by atoms with Crippen molar-refractivity contribution in [1.29, 1.82) is 0 Å². The van der Waals surface area contributed by atoms with Crippen LogP contribution in [0.5, 0.6) is 6.01 Å². The molecule has 0 bridgehead atoms. The molecule has 0 fully saturated rings. The SMILES string of the molecule is CCOc1nc(N)nc(-c2cc(Br)ccc2F)n1. The van der Waals surface area contributed by atoms with Crippen molar-refractivity contribution in [2.24, 2.45) is 0 Å². The third-order valence-electron chi connectivity index (χ3n) is 2.07. The van der Waals surface area contributed by atoms with Gasteiger partial charge >= 0.3 is 6.01 Å². The monoisotopic (exact) mass is 312 g/mol. The van der Waals surface area contributed by atoms with Gasteiger partial charge in [-0.1, -0.05) is 15.9 Å².